The highest BCUT2D eigenvalue weighted by Gasteiger charge is 2.16. The Morgan fingerprint density at radius 3 is 2.56 bits per heavy atom. The number of carbonyl (C=O) groups excluding carboxylic acids is 1. The Balaban J connectivity index is 2.89. The fraction of sp³-hybridized carbons (Fsp3) is 0. The topological polar surface area (TPSA) is 93.3 Å². The minimum Gasteiger partial charge on any atom is -0.478 e. The van der Waals surface area contributed by atoms with Crippen molar-refractivity contribution in [3.05, 3.63) is 40.3 Å². The minimum atomic E-state index is -1.28. The average Bonchev–Trinajstić information content (AvgIpc) is 2.29. The first kappa shape index (κ1) is 12.3. The van der Waals surface area contributed by atoms with Crippen LogP contribution < -0.4 is 5.73 Å². The van der Waals surface area contributed by atoms with Crippen molar-refractivity contribution in [2.24, 2.45) is 5.73 Å². The van der Waals surface area contributed by atoms with Crippen LogP contribution >= 0.6 is 11.6 Å². The number of pyridine rings is 1. The molecule has 0 atom stereocenters. The van der Waals surface area contributed by atoms with Crippen molar-refractivity contribution in [2.75, 3.05) is 0 Å². The van der Waals surface area contributed by atoms with Gasteiger partial charge in [0.05, 0.1) is 16.1 Å². The molecule has 7 heteroatoms. The molecule has 0 spiro atoms. The fourth-order valence-electron chi connectivity index (χ4n) is 1.52. The summed E-state index contributed by atoms with van der Waals surface area (Å²) in [4.78, 5) is 25.9. The van der Waals surface area contributed by atoms with E-state index in [1.165, 1.54) is 0 Å². The summed E-state index contributed by atoms with van der Waals surface area (Å²) in [6.07, 6.45) is 0. The molecule has 0 aliphatic rings. The molecule has 0 aliphatic heterocycles. The first-order valence-electron chi connectivity index (χ1n) is 4.73. The lowest BCUT2D eigenvalue weighted by Crippen LogP contribution is -2.14. The summed E-state index contributed by atoms with van der Waals surface area (Å²) in [6.45, 7) is 0. The Hall–Kier alpha value is -2.21. The molecule has 2 aromatic rings. The van der Waals surface area contributed by atoms with Gasteiger partial charge in [-0.05, 0) is 12.1 Å². The van der Waals surface area contributed by atoms with E-state index in [2.05, 4.69) is 4.98 Å². The number of nitrogens with zero attached hydrogens (tertiary/aromatic N) is 1. The summed E-state index contributed by atoms with van der Waals surface area (Å²) >= 11 is 5.58. The van der Waals surface area contributed by atoms with Gasteiger partial charge in [0.15, 0.2) is 0 Å². The standard InChI is InChI=1S/C11H6ClFN2O3/c12-6-1-4-5(11(17)18)2-9(10(14)16)15-8(4)3-7(6)13/h1-3H,(H2,14,16)(H,17,18). The molecule has 1 heterocycles. The van der Waals surface area contributed by atoms with Gasteiger partial charge < -0.3 is 10.8 Å². The molecule has 1 aromatic heterocycles. The first-order chi connectivity index (χ1) is 8.40. The van der Waals surface area contributed by atoms with Gasteiger partial charge in [0.1, 0.15) is 11.5 Å². The smallest absolute Gasteiger partial charge is 0.336 e. The number of aromatic carboxylic acids is 1. The van der Waals surface area contributed by atoms with Crippen molar-refractivity contribution in [1.82, 2.24) is 4.98 Å². The van der Waals surface area contributed by atoms with E-state index in [4.69, 9.17) is 22.4 Å². The van der Waals surface area contributed by atoms with Crippen LogP contribution in [0.15, 0.2) is 18.2 Å². The molecular weight excluding hydrogens is 263 g/mol. The van der Waals surface area contributed by atoms with Crippen molar-refractivity contribution in [3.8, 4) is 0 Å². The van der Waals surface area contributed by atoms with Crippen molar-refractivity contribution < 1.29 is 19.1 Å². The molecule has 0 saturated carbocycles. The predicted molar refractivity (Wildman–Crippen MR) is 62.2 cm³/mol. The molecule has 18 heavy (non-hydrogen) atoms. The first-order valence-corrected chi connectivity index (χ1v) is 5.11. The molecule has 1 aromatic carbocycles. The molecule has 5 nitrogen and oxygen atoms in total. The number of hydrogen-bond donors (Lipinski definition) is 2. The molecule has 3 N–H and O–H groups in total. The monoisotopic (exact) mass is 268 g/mol. The number of halogens is 2. The number of rotatable bonds is 2. The molecule has 0 radical (unpaired) electrons. The van der Waals surface area contributed by atoms with Crippen molar-refractivity contribution in [1.29, 1.82) is 0 Å². The molecule has 0 aliphatic carbocycles. The number of carboxylic acid groups (broad SMARTS) is 1. The van der Waals surface area contributed by atoms with Gasteiger partial charge in [0, 0.05) is 11.5 Å². The summed E-state index contributed by atoms with van der Waals surface area (Å²) in [5.74, 6) is -2.93. The van der Waals surface area contributed by atoms with Gasteiger partial charge in [-0.15, -0.1) is 0 Å². The molecule has 0 saturated heterocycles. The number of amides is 1. The summed E-state index contributed by atoms with van der Waals surface area (Å²) in [5, 5.41) is 8.95. The molecule has 0 fully saturated rings. The largest absolute Gasteiger partial charge is 0.478 e. The van der Waals surface area contributed by atoms with Gasteiger partial charge in [-0.2, -0.15) is 0 Å². The zero-order chi connectivity index (χ0) is 13.4. The Kier molecular flexibility index (Phi) is 2.88. The average molecular weight is 269 g/mol. The van der Waals surface area contributed by atoms with E-state index < -0.39 is 17.7 Å². The van der Waals surface area contributed by atoms with Gasteiger partial charge in [-0.25, -0.2) is 14.2 Å². The maximum absolute atomic E-state index is 13.3. The number of carboxylic acids is 1. The summed E-state index contributed by atoms with van der Waals surface area (Å²) < 4.78 is 13.3. The fourth-order valence-corrected chi connectivity index (χ4v) is 1.69. The van der Waals surface area contributed by atoms with Gasteiger partial charge in [-0.3, -0.25) is 4.79 Å². The maximum atomic E-state index is 13.3. The quantitative estimate of drug-likeness (QED) is 0.869. The Labute approximate surface area is 105 Å². The third-order valence-electron chi connectivity index (χ3n) is 2.33. The number of primary amides is 1. The van der Waals surface area contributed by atoms with Crippen molar-refractivity contribution >= 4 is 34.4 Å². The minimum absolute atomic E-state index is 0.00519. The number of aromatic nitrogens is 1. The highest BCUT2D eigenvalue weighted by molar-refractivity contribution is 6.31. The van der Waals surface area contributed by atoms with E-state index in [1.54, 1.807) is 0 Å². The normalized spacial score (nSPS) is 10.6. The second-order valence-corrected chi connectivity index (χ2v) is 3.92. The molecule has 1 amide bonds. The Morgan fingerprint density at radius 1 is 1.33 bits per heavy atom. The lowest BCUT2D eigenvalue weighted by Gasteiger charge is -2.05. The van der Waals surface area contributed by atoms with Crippen LogP contribution in [0.1, 0.15) is 20.8 Å². The summed E-state index contributed by atoms with van der Waals surface area (Å²) in [6, 6.07) is 3.13. The van der Waals surface area contributed by atoms with Crippen LogP contribution in [0.2, 0.25) is 5.02 Å². The number of carbonyl (C=O) groups is 2. The number of fused-ring (bicyclic) bond motifs is 1. The molecule has 92 valence electrons. The predicted octanol–water partition coefficient (Wildman–Crippen LogP) is 1.82. The number of benzene rings is 1. The van der Waals surface area contributed by atoms with Crippen LogP contribution in [0.5, 0.6) is 0 Å². The van der Waals surface area contributed by atoms with Crippen LogP contribution in [-0.4, -0.2) is 22.0 Å². The van der Waals surface area contributed by atoms with E-state index in [1.807, 2.05) is 0 Å². The van der Waals surface area contributed by atoms with Crippen LogP contribution in [-0.2, 0) is 0 Å². The molecule has 2 rings (SSSR count). The van der Waals surface area contributed by atoms with E-state index in [0.717, 1.165) is 18.2 Å². The number of hydrogen-bond acceptors (Lipinski definition) is 3. The highest BCUT2D eigenvalue weighted by atomic mass is 35.5. The van der Waals surface area contributed by atoms with Crippen molar-refractivity contribution in [2.45, 2.75) is 0 Å². The SMILES string of the molecule is NC(=O)c1cc(C(=O)O)c2cc(Cl)c(F)cc2n1. The maximum Gasteiger partial charge on any atom is 0.336 e. The van der Waals surface area contributed by atoms with E-state index in [0.29, 0.717) is 0 Å². The summed E-state index contributed by atoms with van der Waals surface area (Å²) in [5.41, 5.74) is 4.57. The van der Waals surface area contributed by atoms with Crippen LogP contribution in [0.4, 0.5) is 4.39 Å². The Bertz CT molecular complexity index is 688. The lowest BCUT2D eigenvalue weighted by molar-refractivity contribution is 0.0699. The van der Waals surface area contributed by atoms with Crippen LogP contribution in [0.25, 0.3) is 10.9 Å². The third-order valence-corrected chi connectivity index (χ3v) is 2.62. The van der Waals surface area contributed by atoms with Gasteiger partial charge >= 0.3 is 5.97 Å². The van der Waals surface area contributed by atoms with Crippen LogP contribution in [0.3, 0.4) is 0 Å². The Morgan fingerprint density at radius 2 is 2.00 bits per heavy atom. The van der Waals surface area contributed by atoms with Gasteiger partial charge in [0.25, 0.3) is 5.91 Å². The van der Waals surface area contributed by atoms with E-state index >= 15 is 0 Å². The number of nitrogens with two attached hydrogens (primary N) is 1. The van der Waals surface area contributed by atoms with E-state index in [9.17, 15) is 14.0 Å². The zero-order valence-corrected chi connectivity index (χ0v) is 9.53. The van der Waals surface area contributed by atoms with Crippen LogP contribution in [0, 0.1) is 5.82 Å². The zero-order valence-electron chi connectivity index (χ0n) is 8.78. The second-order valence-electron chi connectivity index (χ2n) is 3.51. The third kappa shape index (κ3) is 1.98. The highest BCUT2D eigenvalue weighted by Crippen LogP contribution is 2.25. The van der Waals surface area contributed by atoms with E-state index in [-0.39, 0.29) is 27.2 Å². The molecule has 0 unspecified atom stereocenters. The molecular formula is C11H6ClFN2O3. The summed E-state index contributed by atoms with van der Waals surface area (Å²) in [7, 11) is 0. The second kappa shape index (κ2) is 4.23. The van der Waals surface area contributed by atoms with Crippen molar-refractivity contribution in [3.63, 3.8) is 0 Å². The molecule has 0 bridgehead atoms. The van der Waals surface area contributed by atoms with Gasteiger partial charge in [-0.1, -0.05) is 11.6 Å². The lowest BCUT2D eigenvalue weighted by atomic mass is 10.1. The van der Waals surface area contributed by atoms with Gasteiger partial charge in [0.2, 0.25) is 0 Å².